The molecular formula is C11H16ClNS. The molecule has 1 heterocycles. The van der Waals surface area contributed by atoms with Crippen LogP contribution in [0.2, 0.25) is 0 Å². The van der Waals surface area contributed by atoms with Gasteiger partial charge in [0.25, 0.3) is 0 Å². The van der Waals surface area contributed by atoms with Crippen LogP contribution >= 0.6 is 23.4 Å². The Morgan fingerprint density at radius 1 is 1.43 bits per heavy atom. The first-order valence-electron chi connectivity index (χ1n) is 4.88. The highest BCUT2D eigenvalue weighted by molar-refractivity contribution is 7.99. The van der Waals surface area contributed by atoms with E-state index in [0.29, 0.717) is 11.1 Å². The number of halogens is 1. The minimum absolute atomic E-state index is 0.548. The monoisotopic (exact) mass is 229 g/mol. The first-order valence-corrected chi connectivity index (χ1v) is 6.30. The second kappa shape index (κ2) is 5.62. The molecule has 0 aromatic carbocycles. The molecule has 0 bridgehead atoms. The molecule has 1 nitrogen and oxygen atoms in total. The molecule has 0 saturated carbocycles. The lowest BCUT2D eigenvalue weighted by atomic mass is 10.2. The van der Waals surface area contributed by atoms with Crippen LogP contribution in [0.15, 0.2) is 17.2 Å². The van der Waals surface area contributed by atoms with Gasteiger partial charge in [0.15, 0.2) is 0 Å². The Morgan fingerprint density at radius 2 is 2.14 bits per heavy atom. The summed E-state index contributed by atoms with van der Waals surface area (Å²) in [5.74, 6) is 0.548. The van der Waals surface area contributed by atoms with Crippen molar-refractivity contribution in [1.29, 1.82) is 0 Å². The van der Waals surface area contributed by atoms with E-state index in [1.165, 1.54) is 0 Å². The first-order chi connectivity index (χ1) is 6.67. The summed E-state index contributed by atoms with van der Waals surface area (Å²) in [4.78, 5) is 4.58. The Hall–Kier alpha value is -0.210. The summed E-state index contributed by atoms with van der Waals surface area (Å²) in [6, 6.07) is 4.14. The summed E-state index contributed by atoms with van der Waals surface area (Å²) in [6.07, 6.45) is 0.980. The summed E-state index contributed by atoms with van der Waals surface area (Å²) in [7, 11) is 0. The number of rotatable bonds is 4. The molecule has 78 valence electrons. The molecule has 0 saturated heterocycles. The third-order valence-electron chi connectivity index (χ3n) is 1.85. The van der Waals surface area contributed by atoms with Crippen molar-refractivity contribution in [1.82, 2.24) is 4.98 Å². The van der Waals surface area contributed by atoms with E-state index >= 15 is 0 Å². The number of thioether (sulfide) groups is 1. The van der Waals surface area contributed by atoms with E-state index in [1.54, 1.807) is 11.8 Å². The molecule has 0 atom stereocenters. The van der Waals surface area contributed by atoms with Gasteiger partial charge in [-0.05, 0) is 18.1 Å². The van der Waals surface area contributed by atoms with Crippen molar-refractivity contribution in [2.75, 3.05) is 0 Å². The third-order valence-corrected chi connectivity index (χ3v) is 3.19. The molecule has 1 aromatic rings. The molecule has 0 aliphatic heterocycles. The summed E-state index contributed by atoms with van der Waals surface area (Å²) in [5.41, 5.74) is 2.28. The van der Waals surface area contributed by atoms with Crippen molar-refractivity contribution in [2.24, 2.45) is 0 Å². The highest BCUT2D eigenvalue weighted by Crippen LogP contribution is 2.26. The van der Waals surface area contributed by atoms with Gasteiger partial charge in [-0.15, -0.1) is 23.4 Å². The Balaban J connectivity index is 2.96. The molecule has 0 aliphatic carbocycles. The largest absolute Gasteiger partial charge is 0.246 e. The van der Waals surface area contributed by atoms with Crippen molar-refractivity contribution >= 4 is 23.4 Å². The second-order valence-corrected chi connectivity index (χ2v) is 5.25. The molecule has 1 aromatic heterocycles. The van der Waals surface area contributed by atoms with Crippen LogP contribution in [-0.4, -0.2) is 10.2 Å². The van der Waals surface area contributed by atoms with Crippen molar-refractivity contribution < 1.29 is 0 Å². The molecule has 1 rings (SSSR count). The fourth-order valence-corrected chi connectivity index (χ4v) is 2.33. The minimum atomic E-state index is 0.548. The Morgan fingerprint density at radius 3 is 2.64 bits per heavy atom. The van der Waals surface area contributed by atoms with Gasteiger partial charge in [0.2, 0.25) is 0 Å². The van der Waals surface area contributed by atoms with E-state index in [-0.39, 0.29) is 0 Å². The van der Waals surface area contributed by atoms with E-state index in [4.69, 9.17) is 11.6 Å². The molecule has 0 N–H and O–H groups in total. The smallest absolute Gasteiger partial charge is 0.101 e. The fraction of sp³-hybridized carbons (Fsp3) is 0.545. The van der Waals surface area contributed by atoms with Crippen LogP contribution in [0.5, 0.6) is 0 Å². The standard InChI is InChI=1S/C11H16ClNS/c1-4-10-6-5-9(7-12)11(13-10)14-8(2)3/h5-6,8H,4,7H2,1-3H3. The fourth-order valence-electron chi connectivity index (χ4n) is 1.13. The van der Waals surface area contributed by atoms with Crippen molar-refractivity contribution in [3.05, 3.63) is 23.4 Å². The molecule has 14 heavy (non-hydrogen) atoms. The normalized spacial score (nSPS) is 10.9. The van der Waals surface area contributed by atoms with Gasteiger partial charge >= 0.3 is 0 Å². The summed E-state index contributed by atoms with van der Waals surface area (Å²) < 4.78 is 0. The van der Waals surface area contributed by atoms with Gasteiger partial charge in [-0.3, -0.25) is 0 Å². The molecule has 0 unspecified atom stereocenters. The van der Waals surface area contributed by atoms with Crippen LogP contribution in [0.25, 0.3) is 0 Å². The summed E-state index contributed by atoms with van der Waals surface area (Å²) in [6.45, 7) is 6.46. The van der Waals surface area contributed by atoms with Gasteiger partial charge in [0.05, 0.1) is 5.88 Å². The molecule has 0 aliphatic rings. The molecule has 0 spiro atoms. The zero-order valence-corrected chi connectivity index (χ0v) is 10.5. The topological polar surface area (TPSA) is 12.9 Å². The van der Waals surface area contributed by atoms with Crippen LogP contribution in [0.4, 0.5) is 0 Å². The van der Waals surface area contributed by atoms with Crippen LogP contribution in [0.1, 0.15) is 32.0 Å². The van der Waals surface area contributed by atoms with Crippen molar-refractivity contribution in [3.63, 3.8) is 0 Å². The number of hydrogen-bond acceptors (Lipinski definition) is 2. The van der Waals surface area contributed by atoms with E-state index in [2.05, 4.69) is 37.9 Å². The molecule has 3 heteroatoms. The molecule has 0 fully saturated rings. The quantitative estimate of drug-likeness (QED) is 0.574. The van der Waals surface area contributed by atoms with Gasteiger partial charge in [-0.2, -0.15) is 0 Å². The number of alkyl halides is 1. The number of hydrogen-bond donors (Lipinski definition) is 0. The van der Waals surface area contributed by atoms with Crippen LogP contribution in [-0.2, 0) is 12.3 Å². The second-order valence-electron chi connectivity index (χ2n) is 3.42. The maximum Gasteiger partial charge on any atom is 0.101 e. The number of aromatic nitrogens is 1. The van der Waals surface area contributed by atoms with E-state index in [1.807, 2.05) is 0 Å². The van der Waals surface area contributed by atoms with Crippen LogP contribution < -0.4 is 0 Å². The summed E-state index contributed by atoms with van der Waals surface area (Å²) in [5, 5.41) is 1.64. The molecule has 0 amide bonds. The predicted molar refractivity (Wildman–Crippen MR) is 64.2 cm³/mol. The zero-order chi connectivity index (χ0) is 10.6. The highest BCUT2D eigenvalue weighted by atomic mass is 35.5. The van der Waals surface area contributed by atoms with Crippen molar-refractivity contribution in [2.45, 2.75) is 43.3 Å². The number of aryl methyl sites for hydroxylation is 1. The zero-order valence-electron chi connectivity index (χ0n) is 8.88. The maximum absolute atomic E-state index is 5.86. The SMILES string of the molecule is CCc1ccc(CCl)c(SC(C)C)n1. The number of nitrogens with zero attached hydrogens (tertiary/aromatic N) is 1. The summed E-state index contributed by atoms with van der Waals surface area (Å²) >= 11 is 7.64. The lowest BCUT2D eigenvalue weighted by molar-refractivity contribution is 0.941. The first kappa shape index (κ1) is 11.9. The Kier molecular flexibility index (Phi) is 4.76. The van der Waals surface area contributed by atoms with Gasteiger partial charge in [0, 0.05) is 10.9 Å². The van der Waals surface area contributed by atoms with Gasteiger partial charge < -0.3 is 0 Å². The average molecular weight is 230 g/mol. The highest BCUT2D eigenvalue weighted by Gasteiger charge is 2.07. The maximum atomic E-state index is 5.86. The van der Waals surface area contributed by atoms with Crippen molar-refractivity contribution in [3.8, 4) is 0 Å². The van der Waals surface area contributed by atoms with Gasteiger partial charge in [0.1, 0.15) is 5.03 Å². The van der Waals surface area contributed by atoms with Crippen LogP contribution in [0.3, 0.4) is 0 Å². The van der Waals surface area contributed by atoms with E-state index in [0.717, 1.165) is 22.7 Å². The molecular weight excluding hydrogens is 214 g/mol. The van der Waals surface area contributed by atoms with Gasteiger partial charge in [-0.1, -0.05) is 26.8 Å². The van der Waals surface area contributed by atoms with Crippen LogP contribution in [0, 0.1) is 0 Å². The average Bonchev–Trinajstić information content (AvgIpc) is 2.16. The Bertz CT molecular complexity index is 299. The van der Waals surface area contributed by atoms with E-state index < -0.39 is 0 Å². The van der Waals surface area contributed by atoms with E-state index in [9.17, 15) is 0 Å². The minimum Gasteiger partial charge on any atom is -0.246 e. The number of pyridine rings is 1. The Labute approximate surface area is 95.3 Å². The molecule has 0 radical (unpaired) electrons. The predicted octanol–water partition coefficient (Wildman–Crippen LogP) is 3.88. The third kappa shape index (κ3) is 3.18. The lowest BCUT2D eigenvalue weighted by Gasteiger charge is -2.09. The lowest BCUT2D eigenvalue weighted by Crippen LogP contribution is -1.97. The van der Waals surface area contributed by atoms with Gasteiger partial charge in [-0.25, -0.2) is 4.98 Å².